The molecule has 0 spiro atoms. The molecule has 0 atom stereocenters. The second-order valence-corrected chi connectivity index (χ2v) is 7.50. The minimum absolute atomic E-state index is 0.0558. The Bertz CT molecular complexity index is 859. The lowest BCUT2D eigenvalue weighted by Gasteiger charge is -2.22. The van der Waals surface area contributed by atoms with Crippen molar-refractivity contribution in [3.05, 3.63) is 53.6 Å². The van der Waals surface area contributed by atoms with E-state index in [0.29, 0.717) is 11.8 Å². The second kappa shape index (κ2) is 7.38. The van der Waals surface area contributed by atoms with E-state index in [1.165, 1.54) is 32.2 Å². The van der Waals surface area contributed by atoms with Gasteiger partial charge in [0.05, 0.1) is 29.2 Å². The van der Waals surface area contributed by atoms with Crippen LogP contribution < -0.4 is 5.32 Å². The van der Waals surface area contributed by atoms with E-state index in [-0.39, 0.29) is 11.4 Å². The van der Waals surface area contributed by atoms with Crippen molar-refractivity contribution in [3.63, 3.8) is 0 Å². The molecule has 0 bridgehead atoms. The van der Waals surface area contributed by atoms with Crippen LogP contribution in [0, 0.1) is 11.6 Å². The summed E-state index contributed by atoms with van der Waals surface area (Å²) in [5, 5.41) is 2.50. The number of halogens is 2. The molecule has 2 aromatic heterocycles. The van der Waals surface area contributed by atoms with Gasteiger partial charge in [-0.2, -0.15) is 0 Å². The molecule has 2 heterocycles. The van der Waals surface area contributed by atoms with Crippen LogP contribution in [0.25, 0.3) is 0 Å². The highest BCUT2D eigenvalue weighted by atomic mass is 19.1. The molecule has 0 fully saturated rings. The largest absolute Gasteiger partial charge is 0.444 e. The molecule has 6 nitrogen and oxygen atoms in total. The van der Waals surface area contributed by atoms with Crippen molar-refractivity contribution in [2.75, 3.05) is 5.32 Å². The molecule has 144 valence electrons. The Morgan fingerprint density at radius 1 is 1.04 bits per heavy atom. The molecule has 0 aliphatic rings. The number of pyridine rings is 2. The zero-order chi connectivity index (χ0) is 20.4. The maximum Gasteiger partial charge on any atom is 0.412 e. The van der Waals surface area contributed by atoms with Gasteiger partial charge in [0.15, 0.2) is 5.78 Å². The molecule has 27 heavy (non-hydrogen) atoms. The maximum atomic E-state index is 14.0. The molecule has 0 aliphatic carbocycles. The number of hydrogen-bond acceptors (Lipinski definition) is 5. The molecule has 0 radical (unpaired) electrons. The van der Waals surface area contributed by atoms with Gasteiger partial charge in [0.1, 0.15) is 22.9 Å². The van der Waals surface area contributed by atoms with Crippen LogP contribution >= 0.6 is 0 Å². The van der Waals surface area contributed by atoms with Crippen molar-refractivity contribution in [1.29, 1.82) is 0 Å². The summed E-state index contributed by atoms with van der Waals surface area (Å²) in [6.07, 6.45) is 1.50. The van der Waals surface area contributed by atoms with Crippen LogP contribution in [0.15, 0.2) is 30.6 Å². The number of Topliss-reactive ketones (excluding diaryl/α,β-unsaturated/α-hetero) is 1. The Morgan fingerprint density at radius 3 is 2.22 bits per heavy atom. The van der Waals surface area contributed by atoms with Gasteiger partial charge in [0, 0.05) is 6.07 Å². The summed E-state index contributed by atoms with van der Waals surface area (Å²) < 4.78 is 32.2. The van der Waals surface area contributed by atoms with E-state index in [1.807, 2.05) is 0 Å². The third-order valence-electron chi connectivity index (χ3n) is 3.61. The Balaban J connectivity index is 2.18. The SMILES string of the molecule is CC(C)(C)OC(=O)Nc1ccc(C(=O)C(C)(C)c2ncc(F)cc2F)nc1. The molecular formula is C19H21F2N3O3. The predicted octanol–water partition coefficient (Wildman–Crippen LogP) is 4.26. The molecular weight excluding hydrogens is 356 g/mol. The Hall–Kier alpha value is -2.90. The molecule has 2 rings (SSSR count). The first kappa shape index (κ1) is 20.4. The van der Waals surface area contributed by atoms with Crippen molar-refractivity contribution < 1.29 is 23.1 Å². The Kier molecular flexibility index (Phi) is 5.58. The fourth-order valence-electron chi connectivity index (χ4n) is 2.33. The third-order valence-corrected chi connectivity index (χ3v) is 3.61. The molecule has 0 unspecified atom stereocenters. The fourth-order valence-corrected chi connectivity index (χ4v) is 2.33. The van der Waals surface area contributed by atoms with E-state index in [9.17, 15) is 18.4 Å². The first-order valence-electron chi connectivity index (χ1n) is 8.22. The number of amides is 1. The lowest BCUT2D eigenvalue weighted by molar-refractivity contribution is 0.0635. The number of rotatable bonds is 4. The summed E-state index contributed by atoms with van der Waals surface area (Å²) in [4.78, 5) is 32.2. The summed E-state index contributed by atoms with van der Waals surface area (Å²) in [5.41, 5.74) is -1.79. The van der Waals surface area contributed by atoms with Crippen LogP contribution in [0.3, 0.4) is 0 Å². The molecule has 8 heteroatoms. The Labute approximate surface area is 156 Å². The number of anilines is 1. The second-order valence-electron chi connectivity index (χ2n) is 7.50. The molecule has 0 saturated carbocycles. The zero-order valence-electron chi connectivity index (χ0n) is 15.8. The number of carbonyl (C=O) groups is 2. The zero-order valence-corrected chi connectivity index (χ0v) is 15.8. The van der Waals surface area contributed by atoms with Gasteiger partial charge in [-0.15, -0.1) is 0 Å². The smallest absolute Gasteiger partial charge is 0.412 e. The fraction of sp³-hybridized carbons (Fsp3) is 0.368. The van der Waals surface area contributed by atoms with E-state index >= 15 is 0 Å². The summed E-state index contributed by atoms with van der Waals surface area (Å²) in [6, 6.07) is 3.56. The number of aromatic nitrogens is 2. The van der Waals surface area contributed by atoms with Crippen LogP contribution in [0.5, 0.6) is 0 Å². The quantitative estimate of drug-likeness (QED) is 0.805. The van der Waals surface area contributed by atoms with E-state index in [0.717, 1.165) is 6.20 Å². The Morgan fingerprint density at radius 2 is 1.70 bits per heavy atom. The van der Waals surface area contributed by atoms with Gasteiger partial charge in [-0.3, -0.25) is 20.1 Å². The standard InChI is InChI=1S/C19H21F2N3O3/c1-18(2,3)27-17(26)24-12-6-7-14(22-10-12)16(25)19(4,5)15-13(21)8-11(20)9-23-15/h6-10H,1-5H3,(H,24,26). The van der Waals surface area contributed by atoms with Gasteiger partial charge >= 0.3 is 6.09 Å². The number of nitrogens with zero attached hydrogens (tertiary/aromatic N) is 2. The molecule has 0 aromatic carbocycles. The average molecular weight is 377 g/mol. The maximum absolute atomic E-state index is 14.0. The number of hydrogen-bond donors (Lipinski definition) is 1. The van der Waals surface area contributed by atoms with Gasteiger partial charge in [0.2, 0.25) is 0 Å². The van der Waals surface area contributed by atoms with Crippen LogP contribution in [0.4, 0.5) is 19.3 Å². The number of nitrogens with one attached hydrogen (secondary N) is 1. The van der Waals surface area contributed by atoms with Crippen molar-refractivity contribution in [1.82, 2.24) is 9.97 Å². The summed E-state index contributed by atoms with van der Waals surface area (Å²) in [7, 11) is 0. The van der Waals surface area contributed by atoms with Gasteiger partial charge in [0.25, 0.3) is 0 Å². The first-order chi connectivity index (χ1) is 12.4. The molecule has 0 aliphatic heterocycles. The van der Waals surface area contributed by atoms with E-state index in [4.69, 9.17) is 4.74 Å². The van der Waals surface area contributed by atoms with Crippen molar-refractivity contribution >= 4 is 17.6 Å². The monoisotopic (exact) mass is 377 g/mol. The van der Waals surface area contributed by atoms with Gasteiger partial charge in [-0.1, -0.05) is 0 Å². The highest BCUT2D eigenvalue weighted by Gasteiger charge is 2.35. The third kappa shape index (κ3) is 5.06. The summed E-state index contributed by atoms with van der Waals surface area (Å²) >= 11 is 0. The van der Waals surface area contributed by atoms with Gasteiger partial charge in [-0.25, -0.2) is 13.6 Å². The van der Waals surface area contributed by atoms with Crippen LogP contribution in [0.1, 0.15) is 50.8 Å². The highest BCUT2D eigenvalue weighted by molar-refractivity contribution is 6.02. The first-order valence-corrected chi connectivity index (χ1v) is 8.22. The molecule has 0 saturated heterocycles. The van der Waals surface area contributed by atoms with Crippen molar-refractivity contribution in [3.8, 4) is 0 Å². The van der Waals surface area contributed by atoms with Crippen LogP contribution in [0.2, 0.25) is 0 Å². The summed E-state index contributed by atoms with van der Waals surface area (Å²) in [6.45, 7) is 8.16. The lowest BCUT2D eigenvalue weighted by atomic mass is 9.82. The molecule has 1 amide bonds. The van der Waals surface area contributed by atoms with E-state index in [2.05, 4.69) is 15.3 Å². The van der Waals surface area contributed by atoms with E-state index in [1.54, 1.807) is 20.8 Å². The van der Waals surface area contributed by atoms with Crippen molar-refractivity contribution in [2.24, 2.45) is 0 Å². The molecule has 1 N–H and O–H groups in total. The molecule has 2 aromatic rings. The van der Waals surface area contributed by atoms with Crippen LogP contribution in [-0.2, 0) is 10.2 Å². The summed E-state index contributed by atoms with van der Waals surface area (Å²) in [5.74, 6) is -2.23. The normalized spacial score (nSPS) is 11.8. The number of ketones is 1. The van der Waals surface area contributed by atoms with Crippen molar-refractivity contribution in [2.45, 2.75) is 45.6 Å². The lowest BCUT2D eigenvalue weighted by Crippen LogP contribution is -2.32. The van der Waals surface area contributed by atoms with Crippen LogP contribution in [-0.4, -0.2) is 27.4 Å². The number of ether oxygens (including phenoxy) is 1. The predicted molar refractivity (Wildman–Crippen MR) is 95.6 cm³/mol. The van der Waals surface area contributed by atoms with E-state index < -0.39 is 34.5 Å². The van der Waals surface area contributed by atoms with Gasteiger partial charge in [-0.05, 0) is 46.8 Å². The minimum atomic E-state index is -1.36. The number of carbonyl (C=O) groups excluding carboxylic acids is 2. The topological polar surface area (TPSA) is 81.2 Å². The highest BCUT2D eigenvalue weighted by Crippen LogP contribution is 2.28. The average Bonchev–Trinajstić information content (AvgIpc) is 2.52. The minimum Gasteiger partial charge on any atom is -0.444 e. The van der Waals surface area contributed by atoms with Gasteiger partial charge < -0.3 is 4.74 Å².